The highest BCUT2D eigenvalue weighted by Crippen LogP contribution is 2.43. The predicted molar refractivity (Wildman–Crippen MR) is 130 cm³/mol. The van der Waals surface area contributed by atoms with Crippen LogP contribution in [0.3, 0.4) is 0 Å². The second kappa shape index (κ2) is 6.99. The monoisotopic (exact) mass is 388 g/mol. The van der Waals surface area contributed by atoms with Crippen molar-refractivity contribution < 1.29 is 0 Å². The third-order valence-electron chi connectivity index (χ3n) is 6.56. The van der Waals surface area contributed by atoms with Crippen LogP contribution in [0.5, 0.6) is 0 Å². The van der Waals surface area contributed by atoms with Gasteiger partial charge in [-0.3, -0.25) is 0 Å². The van der Waals surface area contributed by atoms with Crippen molar-refractivity contribution in [3.8, 4) is 11.1 Å². The summed E-state index contributed by atoms with van der Waals surface area (Å²) in [5, 5.41) is 2.63. The molecule has 1 aliphatic carbocycles. The van der Waals surface area contributed by atoms with Gasteiger partial charge in [0.2, 0.25) is 0 Å². The molecule has 0 N–H and O–H groups in total. The maximum atomic E-state index is 2.43. The van der Waals surface area contributed by atoms with Crippen LogP contribution in [0, 0.1) is 13.8 Å². The molecule has 5 rings (SSSR count). The summed E-state index contributed by atoms with van der Waals surface area (Å²) < 4.78 is 0. The number of hydrogen-bond acceptors (Lipinski definition) is 0. The Hall–Kier alpha value is -3.12. The summed E-state index contributed by atoms with van der Waals surface area (Å²) in [6.07, 6.45) is 3.50. The van der Waals surface area contributed by atoms with E-state index in [9.17, 15) is 0 Å². The number of fused-ring (bicyclic) bond motifs is 2. The smallest absolute Gasteiger partial charge is 0.00624 e. The molecule has 30 heavy (non-hydrogen) atoms. The second-order valence-corrected chi connectivity index (χ2v) is 9.40. The number of rotatable bonds is 2. The van der Waals surface area contributed by atoms with Gasteiger partial charge in [-0.25, -0.2) is 0 Å². The van der Waals surface area contributed by atoms with E-state index in [0.717, 1.165) is 6.42 Å². The molecule has 0 amide bonds. The zero-order chi connectivity index (χ0) is 20.9. The zero-order valence-electron chi connectivity index (χ0n) is 18.3. The highest BCUT2D eigenvalue weighted by molar-refractivity contribution is 5.94. The van der Waals surface area contributed by atoms with Gasteiger partial charge in [0.05, 0.1) is 0 Å². The molecule has 0 saturated heterocycles. The molecular formula is C30H28. The average molecular weight is 389 g/mol. The van der Waals surface area contributed by atoms with Crippen LogP contribution in [-0.4, -0.2) is 0 Å². The van der Waals surface area contributed by atoms with Crippen LogP contribution >= 0.6 is 0 Å². The predicted octanol–water partition coefficient (Wildman–Crippen LogP) is 8.24. The molecule has 0 fully saturated rings. The fourth-order valence-electron chi connectivity index (χ4n) is 4.59. The summed E-state index contributed by atoms with van der Waals surface area (Å²) in [6.45, 7) is 9.01. The fourth-order valence-corrected chi connectivity index (χ4v) is 4.59. The van der Waals surface area contributed by atoms with Crippen molar-refractivity contribution in [3.05, 3.63) is 113 Å². The topological polar surface area (TPSA) is 0 Å². The summed E-state index contributed by atoms with van der Waals surface area (Å²) in [5.41, 5.74) is 10.8. The highest BCUT2D eigenvalue weighted by atomic mass is 14.3. The first-order valence-electron chi connectivity index (χ1n) is 10.8. The van der Waals surface area contributed by atoms with Crippen LogP contribution in [0.25, 0.3) is 27.5 Å². The minimum Gasteiger partial charge on any atom is -0.0752 e. The zero-order valence-corrected chi connectivity index (χ0v) is 18.3. The standard InChI is InChI=1S/C30H28/c1-20-5-9-22(10-6-20)24-13-14-25-19-29-28(18-26(25)17-24)27(15-16-30(29,3)4)23-11-7-21(2)8-12-23/h5-15,17-19H,16H2,1-4H3. The van der Waals surface area contributed by atoms with E-state index in [2.05, 4.69) is 113 Å². The van der Waals surface area contributed by atoms with Crippen LogP contribution in [-0.2, 0) is 5.41 Å². The van der Waals surface area contributed by atoms with Gasteiger partial charge >= 0.3 is 0 Å². The SMILES string of the molecule is Cc1ccc(C2=CCC(C)(C)c3cc4ccc(-c5ccc(C)cc5)cc4cc32)cc1. The molecule has 0 saturated carbocycles. The van der Waals surface area contributed by atoms with Gasteiger partial charge in [-0.2, -0.15) is 0 Å². The molecule has 1 aliphatic rings. The summed E-state index contributed by atoms with van der Waals surface area (Å²) in [6, 6.07) is 29.5. The van der Waals surface area contributed by atoms with Crippen molar-refractivity contribution in [1.82, 2.24) is 0 Å². The molecule has 4 aromatic rings. The van der Waals surface area contributed by atoms with E-state index in [0.29, 0.717) is 0 Å². The lowest BCUT2D eigenvalue weighted by Gasteiger charge is -2.33. The Morgan fingerprint density at radius 1 is 0.600 bits per heavy atom. The van der Waals surface area contributed by atoms with Gasteiger partial charge in [0, 0.05) is 0 Å². The normalized spacial score (nSPS) is 15.0. The molecule has 0 radical (unpaired) electrons. The highest BCUT2D eigenvalue weighted by Gasteiger charge is 2.29. The van der Waals surface area contributed by atoms with Crippen LogP contribution in [0.15, 0.2) is 84.9 Å². The molecular weight excluding hydrogens is 360 g/mol. The first-order chi connectivity index (χ1) is 14.4. The molecule has 0 nitrogen and oxygen atoms in total. The van der Waals surface area contributed by atoms with Crippen molar-refractivity contribution >= 4 is 16.3 Å². The van der Waals surface area contributed by atoms with Gasteiger partial charge in [0.1, 0.15) is 0 Å². The molecule has 0 bridgehead atoms. The Labute approximate surface area is 179 Å². The molecule has 0 aromatic heterocycles. The van der Waals surface area contributed by atoms with Crippen LogP contribution in [0.1, 0.15) is 48.1 Å². The van der Waals surface area contributed by atoms with E-state index >= 15 is 0 Å². The number of benzene rings is 4. The fraction of sp³-hybridized carbons (Fsp3) is 0.200. The Morgan fingerprint density at radius 2 is 1.20 bits per heavy atom. The summed E-state index contributed by atoms with van der Waals surface area (Å²) in [7, 11) is 0. The van der Waals surface area contributed by atoms with Crippen LogP contribution in [0.2, 0.25) is 0 Å². The summed E-state index contributed by atoms with van der Waals surface area (Å²) in [5.74, 6) is 0. The first-order valence-corrected chi connectivity index (χ1v) is 10.8. The maximum Gasteiger partial charge on any atom is -0.00624 e. The van der Waals surface area contributed by atoms with Crippen molar-refractivity contribution in [2.45, 2.75) is 39.5 Å². The molecule has 0 unspecified atom stereocenters. The minimum atomic E-state index is 0.146. The van der Waals surface area contributed by atoms with Gasteiger partial charge in [-0.15, -0.1) is 0 Å². The van der Waals surface area contributed by atoms with Crippen LogP contribution in [0.4, 0.5) is 0 Å². The summed E-state index contributed by atoms with van der Waals surface area (Å²) in [4.78, 5) is 0. The van der Waals surface area contributed by atoms with Gasteiger partial charge < -0.3 is 0 Å². The van der Waals surface area contributed by atoms with Gasteiger partial charge in [-0.1, -0.05) is 91.7 Å². The Balaban J connectivity index is 1.69. The molecule has 0 spiro atoms. The molecule has 0 heteroatoms. The van der Waals surface area contributed by atoms with E-state index < -0.39 is 0 Å². The Kier molecular flexibility index (Phi) is 4.40. The lowest BCUT2D eigenvalue weighted by molar-refractivity contribution is 0.528. The van der Waals surface area contributed by atoms with Crippen LogP contribution < -0.4 is 0 Å². The molecule has 148 valence electrons. The number of aryl methyl sites for hydroxylation is 2. The quantitative estimate of drug-likeness (QED) is 0.324. The van der Waals surface area contributed by atoms with Crippen molar-refractivity contribution in [3.63, 3.8) is 0 Å². The van der Waals surface area contributed by atoms with E-state index in [-0.39, 0.29) is 5.41 Å². The van der Waals surface area contributed by atoms with Crippen molar-refractivity contribution in [1.29, 1.82) is 0 Å². The van der Waals surface area contributed by atoms with Crippen molar-refractivity contribution in [2.24, 2.45) is 0 Å². The molecule has 0 heterocycles. The molecule has 0 atom stereocenters. The average Bonchev–Trinajstić information content (AvgIpc) is 2.74. The van der Waals surface area contributed by atoms with Crippen molar-refractivity contribution in [2.75, 3.05) is 0 Å². The Morgan fingerprint density at radius 3 is 1.87 bits per heavy atom. The van der Waals surface area contributed by atoms with E-state index in [1.165, 1.54) is 55.3 Å². The maximum absolute atomic E-state index is 2.43. The molecule has 0 aliphatic heterocycles. The van der Waals surface area contributed by atoms with E-state index in [4.69, 9.17) is 0 Å². The van der Waals surface area contributed by atoms with Gasteiger partial charge in [-0.05, 0) is 88.0 Å². The third-order valence-corrected chi connectivity index (χ3v) is 6.56. The van der Waals surface area contributed by atoms with Gasteiger partial charge in [0.15, 0.2) is 0 Å². The summed E-state index contributed by atoms with van der Waals surface area (Å²) >= 11 is 0. The first kappa shape index (κ1) is 18.9. The van der Waals surface area contributed by atoms with Gasteiger partial charge in [0.25, 0.3) is 0 Å². The number of hydrogen-bond donors (Lipinski definition) is 0. The largest absolute Gasteiger partial charge is 0.0752 e. The number of allylic oxidation sites excluding steroid dienone is 1. The lowest BCUT2D eigenvalue weighted by Crippen LogP contribution is -2.21. The Bertz CT molecular complexity index is 1270. The van der Waals surface area contributed by atoms with E-state index in [1.54, 1.807) is 0 Å². The molecule has 4 aromatic carbocycles. The lowest BCUT2D eigenvalue weighted by atomic mass is 9.71. The minimum absolute atomic E-state index is 0.146. The third kappa shape index (κ3) is 3.27. The second-order valence-electron chi connectivity index (χ2n) is 9.40. The van der Waals surface area contributed by atoms with E-state index in [1.807, 2.05) is 0 Å².